The highest BCUT2D eigenvalue weighted by molar-refractivity contribution is 5.66. The van der Waals surface area contributed by atoms with Gasteiger partial charge in [-0.25, -0.2) is 0 Å². The number of hydrogen-bond acceptors (Lipinski definition) is 5. The Morgan fingerprint density at radius 1 is 1.07 bits per heavy atom. The van der Waals surface area contributed by atoms with Crippen molar-refractivity contribution in [2.75, 3.05) is 0 Å². The van der Waals surface area contributed by atoms with E-state index in [0.29, 0.717) is 23.8 Å². The van der Waals surface area contributed by atoms with E-state index in [1.165, 1.54) is 0 Å². The van der Waals surface area contributed by atoms with Gasteiger partial charge in [0, 0.05) is 19.0 Å². The topological polar surface area (TPSA) is 73.8 Å². The van der Waals surface area contributed by atoms with Gasteiger partial charge in [0.1, 0.15) is 6.29 Å². The van der Waals surface area contributed by atoms with Crippen LogP contribution in [0.1, 0.15) is 11.1 Å². The van der Waals surface area contributed by atoms with Gasteiger partial charge in [-0.1, -0.05) is 47.6 Å². The number of carbonyl (C=O) groups excluding carboxylic acids is 1. The van der Waals surface area contributed by atoms with Crippen molar-refractivity contribution in [3.63, 3.8) is 0 Å². The first-order valence-electron chi connectivity index (χ1n) is 8.63. The standard InChI is InChI=1S/C21H18N4O2/c1-14-12-17(9-8-15(14)10-11-26)20-22-21(27-24-20)18-13-19(25(2)23-18)16-6-4-3-5-7-16/h3-9,11-13H,10H2,1-2H3. The monoisotopic (exact) mass is 358 g/mol. The highest BCUT2D eigenvalue weighted by atomic mass is 16.5. The quantitative estimate of drug-likeness (QED) is 0.507. The van der Waals surface area contributed by atoms with Crippen molar-refractivity contribution < 1.29 is 9.32 Å². The van der Waals surface area contributed by atoms with Crippen molar-refractivity contribution in [2.24, 2.45) is 7.05 Å². The molecule has 27 heavy (non-hydrogen) atoms. The molecule has 0 amide bonds. The third-order valence-electron chi connectivity index (χ3n) is 4.50. The van der Waals surface area contributed by atoms with Crippen LogP contribution in [0.5, 0.6) is 0 Å². The second kappa shape index (κ2) is 6.99. The summed E-state index contributed by atoms with van der Waals surface area (Å²) < 4.78 is 7.23. The van der Waals surface area contributed by atoms with Crippen molar-refractivity contribution in [1.29, 1.82) is 0 Å². The highest BCUT2D eigenvalue weighted by Gasteiger charge is 2.16. The first kappa shape index (κ1) is 16.9. The molecule has 4 rings (SSSR count). The summed E-state index contributed by atoms with van der Waals surface area (Å²) in [6.07, 6.45) is 1.31. The number of benzene rings is 2. The Kier molecular flexibility index (Phi) is 4.38. The Bertz CT molecular complexity index is 1100. The summed E-state index contributed by atoms with van der Waals surface area (Å²) in [5.74, 6) is 0.870. The second-order valence-corrected chi connectivity index (χ2v) is 6.34. The maximum atomic E-state index is 10.7. The van der Waals surface area contributed by atoms with Crippen molar-refractivity contribution in [1.82, 2.24) is 19.9 Å². The molecule has 6 nitrogen and oxygen atoms in total. The van der Waals surface area contributed by atoms with Crippen LogP contribution in [0.25, 0.3) is 34.2 Å². The van der Waals surface area contributed by atoms with Crippen LogP contribution in [0, 0.1) is 6.92 Å². The molecule has 6 heteroatoms. The Morgan fingerprint density at radius 3 is 2.63 bits per heavy atom. The molecular weight excluding hydrogens is 340 g/mol. The molecule has 0 bridgehead atoms. The van der Waals surface area contributed by atoms with Gasteiger partial charge in [0.05, 0.1) is 5.69 Å². The molecule has 0 saturated carbocycles. The van der Waals surface area contributed by atoms with E-state index in [-0.39, 0.29) is 0 Å². The highest BCUT2D eigenvalue weighted by Crippen LogP contribution is 2.27. The van der Waals surface area contributed by atoms with Crippen LogP contribution < -0.4 is 0 Å². The Balaban J connectivity index is 1.66. The van der Waals surface area contributed by atoms with E-state index in [0.717, 1.165) is 34.2 Å². The summed E-state index contributed by atoms with van der Waals surface area (Å²) in [4.78, 5) is 15.2. The van der Waals surface area contributed by atoms with Gasteiger partial charge in [-0.2, -0.15) is 10.1 Å². The van der Waals surface area contributed by atoms with Crippen LogP contribution in [0.4, 0.5) is 0 Å². The zero-order valence-electron chi connectivity index (χ0n) is 15.1. The molecule has 0 aliphatic heterocycles. The summed E-state index contributed by atoms with van der Waals surface area (Å²) >= 11 is 0. The molecule has 2 aromatic heterocycles. The van der Waals surface area contributed by atoms with E-state index in [2.05, 4.69) is 15.2 Å². The van der Waals surface area contributed by atoms with Gasteiger partial charge >= 0.3 is 0 Å². The predicted molar refractivity (Wildman–Crippen MR) is 102 cm³/mol. The molecule has 0 N–H and O–H groups in total. The minimum absolute atomic E-state index is 0.373. The fourth-order valence-electron chi connectivity index (χ4n) is 3.05. The number of rotatable bonds is 5. The van der Waals surface area contributed by atoms with Crippen LogP contribution in [-0.2, 0) is 18.3 Å². The molecule has 4 aromatic rings. The molecule has 0 spiro atoms. The number of aryl methyl sites for hydroxylation is 2. The van der Waals surface area contributed by atoms with E-state index in [9.17, 15) is 4.79 Å². The normalized spacial score (nSPS) is 10.9. The fraction of sp³-hybridized carbons (Fsp3) is 0.143. The van der Waals surface area contributed by atoms with Crippen LogP contribution in [0.2, 0.25) is 0 Å². The van der Waals surface area contributed by atoms with Crippen molar-refractivity contribution in [3.8, 4) is 34.2 Å². The molecule has 0 aliphatic rings. The van der Waals surface area contributed by atoms with Crippen LogP contribution in [0.15, 0.2) is 59.1 Å². The second-order valence-electron chi connectivity index (χ2n) is 6.34. The minimum atomic E-state index is 0.373. The SMILES string of the molecule is Cc1cc(-c2noc(-c3cc(-c4ccccc4)n(C)n3)n2)ccc1CC=O. The largest absolute Gasteiger partial charge is 0.332 e. The summed E-state index contributed by atoms with van der Waals surface area (Å²) in [5, 5.41) is 8.59. The maximum absolute atomic E-state index is 10.7. The predicted octanol–water partition coefficient (Wildman–Crippen LogP) is 3.85. The van der Waals surface area contributed by atoms with Gasteiger partial charge in [-0.05, 0) is 35.7 Å². The molecule has 0 radical (unpaired) electrons. The molecule has 134 valence electrons. The van der Waals surface area contributed by atoms with Gasteiger partial charge in [0.15, 0.2) is 5.69 Å². The molecule has 0 unspecified atom stereocenters. The lowest BCUT2D eigenvalue weighted by molar-refractivity contribution is -0.107. The Hall–Kier alpha value is -3.54. The third kappa shape index (κ3) is 3.29. The van der Waals surface area contributed by atoms with Gasteiger partial charge in [0.25, 0.3) is 5.89 Å². The lowest BCUT2D eigenvalue weighted by Crippen LogP contribution is -1.93. The van der Waals surface area contributed by atoms with Crippen LogP contribution >= 0.6 is 0 Å². The van der Waals surface area contributed by atoms with Gasteiger partial charge in [0.2, 0.25) is 5.82 Å². The number of nitrogens with zero attached hydrogens (tertiary/aromatic N) is 4. The molecule has 0 atom stereocenters. The van der Waals surface area contributed by atoms with Gasteiger partial charge in [-0.15, -0.1) is 0 Å². The van der Waals surface area contributed by atoms with Gasteiger partial charge in [-0.3, -0.25) is 4.68 Å². The van der Waals surface area contributed by atoms with E-state index < -0.39 is 0 Å². The van der Waals surface area contributed by atoms with Crippen molar-refractivity contribution in [3.05, 3.63) is 65.7 Å². The maximum Gasteiger partial charge on any atom is 0.278 e. The average Bonchev–Trinajstić information content (AvgIpc) is 3.31. The third-order valence-corrected chi connectivity index (χ3v) is 4.50. The van der Waals surface area contributed by atoms with Crippen LogP contribution in [0.3, 0.4) is 0 Å². The summed E-state index contributed by atoms with van der Waals surface area (Å²) in [6, 6.07) is 17.7. The average molecular weight is 358 g/mol. The first-order chi connectivity index (χ1) is 13.2. The van der Waals surface area contributed by atoms with Crippen molar-refractivity contribution >= 4 is 6.29 Å². The zero-order valence-corrected chi connectivity index (χ0v) is 15.1. The minimum Gasteiger partial charge on any atom is -0.332 e. The molecule has 0 saturated heterocycles. The molecule has 0 aliphatic carbocycles. The fourth-order valence-corrected chi connectivity index (χ4v) is 3.05. The number of carbonyl (C=O) groups is 1. The van der Waals surface area contributed by atoms with E-state index >= 15 is 0 Å². The van der Waals surface area contributed by atoms with Gasteiger partial charge < -0.3 is 9.32 Å². The molecule has 2 heterocycles. The smallest absolute Gasteiger partial charge is 0.278 e. The summed E-state index contributed by atoms with van der Waals surface area (Å²) in [7, 11) is 1.89. The number of aldehydes is 1. The number of aromatic nitrogens is 4. The Morgan fingerprint density at radius 2 is 1.89 bits per heavy atom. The molecular formula is C21H18N4O2. The summed E-state index contributed by atoms with van der Waals surface area (Å²) in [6.45, 7) is 1.97. The number of hydrogen-bond donors (Lipinski definition) is 0. The Labute approximate surface area is 156 Å². The first-order valence-corrected chi connectivity index (χ1v) is 8.63. The molecule has 0 fully saturated rings. The van der Waals surface area contributed by atoms with E-state index in [1.54, 1.807) is 4.68 Å². The van der Waals surface area contributed by atoms with Crippen LogP contribution in [-0.4, -0.2) is 26.2 Å². The zero-order chi connectivity index (χ0) is 18.8. The lowest BCUT2D eigenvalue weighted by atomic mass is 10.0. The van der Waals surface area contributed by atoms with E-state index in [1.807, 2.05) is 68.6 Å². The molecule has 2 aromatic carbocycles. The lowest BCUT2D eigenvalue weighted by Gasteiger charge is -2.03. The van der Waals surface area contributed by atoms with E-state index in [4.69, 9.17) is 4.52 Å². The summed E-state index contributed by atoms with van der Waals surface area (Å²) in [5.41, 5.74) is 5.53. The van der Waals surface area contributed by atoms with Crippen molar-refractivity contribution in [2.45, 2.75) is 13.3 Å².